The molecule has 1 aromatic heterocycles. The Morgan fingerprint density at radius 1 is 1.00 bits per heavy atom. The quantitative estimate of drug-likeness (QED) is 0.905. The standard InChI is InChI=1S/C16H20N4O2S/c17-23(21,22)16-6-4-15(5-7-16)20-11-9-19(10-12-20)13-14-3-1-2-8-18-14/h1-8H,9-13H2,(H2,17,21,22). The first-order valence-corrected chi connectivity index (χ1v) is 9.07. The maximum absolute atomic E-state index is 11.3. The Morgan fingerprint density at radius 2 is 1.70 bits per heavy atom. The van der Waals surface area contributed by atoms with Crippen LogP contribution in [0.4, 0.5) is 5.69 Å². The van der Waals surface area contributed by atoms with Crippen LogP contribution in [0.2, 0.25) is 0 Å². The lowest BCUT2D eigenvalue weighted by Gasteiger charge is -2.36. The van der Waals surface area contributed by atoms with Crippen LogP contribution in [0.15, 0.2) is 53.6 Å². The molecule has 1 aliphatic heterocycles. The zero-order valence-electron chi connectivity index (χ0n) is 12.8. The van der Waals surface area contributed by atoms with E-state index in [1.165, 1.54) is 0 Å². The molecular weight excluding hydrogens is 312 g/mol. The number of rotatable bonds is 4. The summed E-state index contributed by atoms with van der Waals surface area (Å²) in [5, 5.41) is 5.12. The minimum absolute atomic E-state index is 0.148. The van der Waals surface area contributed by atoms with E-state index in [9.17, 15) is 8.42 Å². The van der Waals surface area contributed by atoms with Gasteiger partial charge in [-0.1, -0.05) is 6.07 Å². The molecule has 0 saturated carbocycles. The number of hydrogen-bond donors (Lipinski definition) is 1. The van der Waals surface area contributed by atoms with Crippen LogP contribution < -0.4 is 10.0 Å². The third-order valence-corrected chi connectivity index (χ3v) is 4.94. The molecule has 3 rings (SSSR count). The van der Waals surface area contributed by atoms with Gasteiger partial charge in [0.2, 0.25) is 10.0 Å². The van der Waals surface area contributed by atoms with E-state index in [0.29, 0.717) is 0 Å². The molecule has 6 nitrogen and oxygen atoms in total. The molecule has 0 radical (unpaired) electrons. The first-order chi connectivity index (χ1) is 11.0. The molecule has 0 unspecified atom stereocenters. The Morgan fingerprint density at radius 3 is 2.26 bits per heavy atom. The van der Waals surface area contributed by atoms with Crippen LogP contribution in [0.25, 0.3) is 0 Å². The Hall–Kier alpha value is -1.96. The van der Waals surface area contributed by atoms with Gasteiger partial charge in [-0.3, -0.25) is 9.88 Å². The van der Waals surface area contributed by atoms with E-state index >= 15 is 0 Å². The van der Waals surface area contributed by atoms with Gasteiger partial charge in [-0.15, -0.1) is 0 Å². The highest BCUT2D eigenvalue weighted by atomic mass is 32.2. The van der Waals surface area contributed by atoms with Crippen molar-refractivity contribution in [1.29, 1.82) is 0 Å². The van der Waals surface area contributed by atoms with Gasteiger partial charge in [0.1, 0.15) is 0 Å². The van der Waals surface area contributed by atoms with Crippen molar-refractivity contribution in [3.05, 3.63) is 54.4 Å². The van der Waals surface area contributed by atoms with Gasteiger partial charge in [0.15, 0.2) is 0 Å². The van der Waals surface area contributed by atoms with Gasteiger partial charge in [0.05, 0.1) is 10.6 Å². The van der Waals surface area contributed by atoms with Gasteiger partial charge in [0, 0.05) is 44.6 Å². The van der Waals surface area contributed by atoms with Crippen molar-refractivity contribution < 1.29 is 8.42 Å². The van der Waals surface area contributed by atoms with Crippen LogP contribution >= 0.6 is 0 Å². The third-order valence-electron chi connectivity index (χ3n) is 4.01. The summed E-state index contributed by atoms with van der Waals surface area (Å²) in [7, 11) is -3.63. The number of hydrogen-bond acceptors (Lipinski definition) is 5. The first-order valence-electron chi connectivity index (χ1n) is 7.52. The number of piperazine rings is 1. The zero-order valence-corrected chi connectivity index (χ0v) is 13.6. The molecule has 2 N–H and O–H groups in total. The Kier molecular flexibility index (Phi) is 4.61. The van der Waals surface area contributed by atoms with Crippen molar-refractivity contribution >= 4 is 15.7 Å². The minimum atomic E-state index is -3.63. The number of anilines is 1. The molecular formula is C16H20N4O2S. The minimum Gasteiger partial charge on any atom is -0.369 e. The summed E-state index contributed by atoms with van der Waals surface area (Å²) in [6, 6.07) is 12.7. The lowest BCUT2D eigenvalue weighted by atomic mass is 10.2. The zero-order chi connectivity index (χ0) is 16.3. The van der Waals surface area contributed by atoms with Crippen molar-refractivity contribution in [1.82, 2.24) is 9.88 Å². The van der Waals surface area contributed by atoms with E-state index in [1.54, 1.807) is 12.1 Å². The normalized spacial score (nSPS) is 16.5. The van der Waals surface area contributed by atoms with E-state index in [1.807, 2.05) is 36.5 Å². The largest absolute Gasteiger partial charge is 0.369 e. The topological polar surface area (TPSA) is 79.5 Å². The van der Waals surface area contributed by atoms with Crippen LogP contribution in [0, 0.1) is 0 Å². The number of nitrogens with zero attached hydrogens (tertiary/aromatic N) is 3. The van der Waals surface area contributed by atoms with Crippen molar-refractivity contribution in [3.63, 3.8) is 0 Å². The molecule has 0 bridgehead atoms. The lowest BCUT2D eigenvalue weighted by molar-refractivity contribution is 0.247. The molecule has 2 heterocycles. The number of pyridine rings is 1. The van der Waals surface area contributed by atoms with Crippen molar-refractivity contribution in [2.45, 2.75) is 11.4 Å². The van der Waals surface area contributed by atoms with E-state index in [4.69, 9.17) is 5.14 Å². The molecule has 7 heteroatoms. The summed E-state index contributed by atoms with van der Waals surface area (Å²) < 4.78 is 22.6. The number of aromatic nitrogens is 1. The highest BCUT2D eigenvalue weighted by Crippen LogP contribution is 2.19. The maximum Gasteiger partial charge on any atom is 0.238 e. The monoisotopic (exact) mass is 332 g/mol. The second-order valence-electron chi connectivity index (χ2n) is 5.62. The summed E-state index contributed by atoms with van der Waals surface area (Å²) in [5.41, 5.74) is 2.10. The Bertz CT molecular complexity index is 739. The summed E-state index contributed by atoms with van der Waals surface area (Å²) in [5.74, 6) is 0. The van der Waals surface area contributed by atoms with E-state index in [2.05, 4.69) is 14.8 Å². The van der Waals surface area contributed by atoms with Crippen LogP contribution in [-0.4, -0.2) is 44.5 Å². The highest BCUT2D eigenvalue weighted by molar-refractivity contribution is 7.89. The average molecular weight is 332 g/mol. The third kappa shape index (κ3) is 4.07. The van der Waals surface area contributed by atoms with Gasteiger partial charge in [-0.25, -0.2) is 13.6 Å². The fourth-order valence-electron chi connectivity index (χ4n) is 2.73. The highest BCUT2D eigenvalue weighted by Gasteiger charge is 2.18. The molecule has 0 amide bonds. The molecule has 122 valence electrons. The predicted molar refractivity (Wildman–Crippen MR) is 89.5 cm³/mol. The molecule has 0 aliphatic carbocycles. The van der Waals surface area contributed by atoms with Gasteiger partial charge >= 0.3 is 0 Å². The van der Waals surface area contributed by atoms with Gasteiger partial charge in [-0.05, 0) is 36.4 Å². The summed E-state index contributed by atoms with van der Waals surface area (Å²) >= 11 is 0. The summed E-state index contributed by atoms with van der Waals surface area (Å²) in [4.78, 5) is 9.13. The SMILES string of the molecule is NS(=O)(=O)c1ccc(N2CCN(Cc3ccccn3)CC2)cc1. The number of benzene rings is 1. The number of sulfonamides is 1. The molecule has 0 spiro atoms. The van der Waals surface area contributed by atoms with Crippen LogP contribution in [0.5, 0.6) is 0 Å². The molecule has 1 fully saturated rings. The second kappa shape index (κ2) is 6.66. The molecule has 1 aliphatic rings. The number of primary sulfonamides is 1. The van der Waals surface area contributed by atoms with E-state index in [0.717, 1.165) is 44.1 Å². The van der Waals surface area contributed by atoms with E-state index < -0.39 is 10.0 Å². The van der Waals surface area contributed by atoms with Crippen molar-refractivity contribution in [2.75, 3.05) is 31.1 Å². The van der Waals surface area contributed by atoms with Crippen LogP contribution in [0.1, 0.15) is 5.69 Å². The fourth-order valence-corrected chi connectivity index (χ4v) is 3.25. The predicted octanol–water partition coefficient (Wildman–Crippen LogP) is 1.05. The summed E-state index contributed by atoms with van der Waals surface area (Å²) in [6.07, 6.45) is 1.82. The smallest absolute Gasteiger partial charge is 0.238 e. The van der Waals surface area contributed by atoms with Crippen molar-refractivity contribution in [3.8, 4) is 0 Å². The van der Waals surface area contributed by atoms with Crippen LogP contribution in [0.3, 0.4) is 0 Å². The molecule has 1 aromatic carbocycles. The molecule has 0 atom stereocenters. The Labute approximate surface area is 136 Å². The second-order valence-corrected chi connectivity index (χ2v) is 7.18. The Balaban J connectivity index is 1.58. The molecule has 23 heavy (non-hydrogen) atoms. The number of nitrogens with two attached hydrogens (primary N) is 1. The summed E-state index contributed by atoms with van der Waals surface area (Å²) in [6.45, 7) is 4.57. The fraction of sp³-hybridized carbons (Fsp3) is 0.312. The average Bonchev–Trinajstić information content (AvgIpc) is 2.56. The first kappa shape index (κ1) is 15.9. The lowest BCUT2D eigenvalue weighted by Crippen LogP contribution is -2.46. The van der Waals surface area contributed by atoms with E-state index in [-0.39, 0.29) is 4.90 Å². The molecule has 2 aromatic rings. The van der Waals surface area contributed by atoms with Gasteiger partial charge < -0.3 is 4.90 Å². The maximum atomic E-state index is 11.3. The van der Waals surface area contributed by atoms with Gasteiger partial charge in [-0.2, -0.15) is 0 Å². The van der Waals surface area contributed by atoms with Gasteiger partial charge in [0.25, 0.3) is 0 Å². The molecule has 1 saturated heterocycles. The van der Waals surface area contributed by atoms with Crippen LogP contribution in [-0.2, 0) is 16.6 Å². The van der Waals surface area contributed by atoms with Crippen molar-refractivity contribution in [2.24, 2.45) is 5.14 Å².